The number of aromatic nitrogens is 1. The highest BCUT2D eigenvalue weighted by Crippen LogP contribution is 2.18. The van der Waals surface area contributed by atoms with Crippen LogP contribution in [0.1, 0.15) is 13.8 Å². The lowest BCUT2D eigenvalue weighted by molar-refractivity contribution is -0.147. The van der Waals surface area contributed by atoms with Crippen LogP contribution in [0.5, 0.6) is 0 Å². The Labute approximate surface area is 94.1 Å². The molecule has 0 saturated heterocycles. The molecule has 0 aliphatic carbocycles. The van der Waals surface area contributed by atoms with E-state index in [1.54, 1.807) is 39.4 Å². The summed E-state index contributed by atoms with van der Waals surface area (Å²) in [4.78, 5) is 27.1. The number of carbonyl (C=O) groups is 2. The summed E-state index contributed by atoms with van der Waals surface area (Å²) in [5, 5.41) is 9.01. The first-order chi connectivity index (χ1) is 7.45. The van der Waals surface area contributed by atoms with Crippen molar-refractivity contribution in [3.05, 3.63) is 18.5 Å². The fourth-order valence-electron chi connectivity index (χ4n) is 1.54. The van der Waals surface area contributed by atoms with Crippen molar-refractivity contribution in [2.45, 2.75) is 13.8 Å². The maximum atomic E-state index is 12.0. The Bertz CT molecular complexity index is 371. The Hall–Kier alpha value is -1.78. The van der Waals surface area contributed by atoms with E-state index in [4.69, 9.17) is 5.11 Å². The second-order valence-electron chi connectivity index (χ2n) is 4.03. The number of H-pyrrole nitrogens is 1. The molecule has 16 heavy (non-hydrogen) atoms. The standard InChI is InChI=1S/C11H16N2O3/c1-7(2)9(11(15)16)10(14)13(3)8-4-5-12-6-8/h4-7,9,12H,1-3H3,(H,15,16). The number of aliphatic carboxylic acids is 1. The Morgan fingerprint density at radius 3 is 2.44 bits per heavy atom. The second-order valence-corrected chi connectivity index (χ2v) is 4.03. The van der Waals surface area contributed by atoms with Crippen LogP contribution in [0.3, 0.4) is 0 Å². The van der Waals surface area contributed by atoms with Crippen molar-refractivity contribution >= 4 is 17.6 Å². The van der Waals surface area contributed by atoms with Gasteiger partial charge in [-0.1, -0.05) is 13.8 Å². The first-order valence-electron chi connectivity index (χ1n) is 5.08. The van der Waals surface area contributed by atoms with Crippen molar-refractivity contribution in [3.63, 3.8) is 0 Å². The smallest absolute Gasteiger partial charge is 0.316 e. The topological polar surface area (TPSA) is 73.4 Å². The Morgan fingerprint density at radius 2 is 2.06 bits per heavy atom. The highest BCUT2D eigenvalue weighted by atomic mass is 16.4. The van der Waals surface area contributed by atoms with Gasteiger partial charge in [0.05, 0.1) is 5.69 Å². The fraction of sp³-hybridized carbons (Fsp3) is 0.455. The summed E-state index contributed by atoms with van der Waals surface area (Å²) >= 11 is 0. The van der Waals surface area contributed by atoms with Gasteiger partial charge in [0.1, 0.15) is 5.92 Å². The van der Waals surface area contributed by atoms with Gasteiger partial charge in [-0.05, 0) is 12.0 Å². The van der Waals surface area contributed by atoms with Crippen molar-refractivity contribution in [2.75, 3.05) is 11.9 Å². The largest absolute Gasteiger partial charge is 0.481 e. The average molecular weight is 224 g/mol. The molecule has 2 N–H and O–H groups in total. The molecule has 0 aliphatic rings. The van der Waals surface area contributed by atoms with Crippen LogP contribution >= 0.6 is 0 Å². The molecule has 1 atom stereocenters. The van der Waals surface area contributed by atoms with E-state index in [1.807, 2.05) is 0 Å². The van der Waals surface area contributed by atoms with Crippen LogP contribution < -0.4 is 4.90 Å². The van der Waals surface area contributed by atoms with E-state index in [1.165, 1.54) is 4.90 Å². The van der Waals surface area contributed by atoms with Crippen LogP contribution in [-0.4, -0.2) is 29.0 Å². The number of carbonyl (C=O) groups excluding carboxylic acids is 1. The SMILES string of the molecule is CC(C)C(C(=O)O)C(=O)N(C)c1cc[nH]c1. The molecular formula is C11H16N2O3. The molecule has 1 rings (SSSR count). The lowest BCUT2D eigenvalue weighted by Gasteiger charge is -2.22. The Kier molecular flexibility index (Phi) is 3.71. The van der Waals surface area contributed by atoms with Gasteiger partial charge in [-0.2, -0.15) is 0 Å². The zero-order valence-electron chi connectivity index (χ0n) is 9.60. The van der Waals surface area contributed by atoms with Crippen molar-refractivity contribution in [1.82, 2.24) is 4.98 Å². The summed E-state index contributed by atoms with van der Waals surface area (Å²) < 4.78 is 0. The van der Waals surface area contributed by atoms with Gasteiger partial charge in [-0.25, -0.2) is 0 Å². The van der Waals surface area contributed by atoms with Gasteiger partial charge in [-0.3, -0.25) is 9.59 Å². The number of nitrogens with zero attached hydrogens (tertiary/aromatic N) is 1. The minimum atomic E-state index is -1.08. The number of hydrogen-bond donors (Lipinski definition) is 2. The lowest BCUT2D eigenvalue weighted by atomic mass is 9.94. The summed E-state index contributed by atoms with van der Waals surface area (Å²) in [5.74, 6) is -2.71. The number of aromatic amines is 1. The number of hydrogen-bond acceptors (Lipinski definition) is 2. The maximum Gasteiger partial charge on any atom is 0.316 e. The predicted octanol–water partition coefficient (Wildman–Crippen LogP) is 1.33. The first kappa shape index (κ1) is 12.3. The number of carboxylic acids is 1. The Morgan fingerprint density at radius 1 is 1.44 bits per heavy atom. The average Bonchev–Trinajstić information content (AvgIpc) is 2.67. The summed E-state index contributed by atoms with van der Waals surface area (Å²) in [6.45, 7) is 3.45. The first-order valence-corrected chi connectivity index (χ1v) is 5.08. The molecule has 5 nitrogen and oxygen atoms in total. The van der Waals surface area contributed by atoms with E-state index in [2.05, 4.69) is 4.98 Å². The van der Waals surface area contributed by atoms with Gasteiger partial charge in [-0.15, -0.1) is 0 Å². The summed E-state index contributed by atoms with van der Waals surface area (Å²) in [7, 11) is 1.57. The minimum absolute atomic E-state index is 0.230. The van der Waals surface area contributed by atoms with Crippen molar-refractivity contribution in [1.29, 1.82) is 0 Å². The van der Waals surface area contributed by atoms with Gasteiger partial charge in [0.15, 0.2) is 0 Å². The van der Waals surface area contributed by atoms with Crippen LogP contribution in [0.4, 0.5) is 5.69 Å². The molecule has 1 aromatic heterocycles. The molecule has 0 radical (unpaired) electrons. The number of amides is 1. The highest BCUT2D eigenvalue weighted by Gasteiger charge is 2.32. The van der Waals surface area contributed by atoms with E-state index in [-0.39, 0.29) is 5.92 Å². The van der Waals surface area contributed by atoms with Gasteiger partial charge in [0, 0.05) is 19.4 Å². The molecule has 0 aromatic carbocycles. The number of rotatable bonds is 4. The molecule has 0 aliphatic heterocycles. The molecule has 0 spiro atoms. The molecule has 88 valence electrons. The molecule has 0 fully saturated rings. The van der Waals surface area contributed by atoms with Gasteiger partial charge in [0.2, 0.25) is 5.91 Å². The van der Waals surface area contributed by atoms with Crippen LogP contribution in [0.25, 0.3) is 0 Å². The third-order valence-corrected chi connectivity index (χ3v) is 2.50. The van der Waals surface area contributed by atoms with E-state index < -0.39 is 17.8 Å². The van der Waals surface area contributed by atoms with Crippen molar-refractivity contribution in [2.24, 2.45) is 11.8 Å². The third-order valence-electron chi connectivity index (χ3n) is 2.50. The van der Waals surface area contributed by atoms with Crippen LogP contribution in [0, 0.1) is 11.8 Å². The number of carboxylic acid groups (broad SMARTS) is 1. The number of nitrogens with one attached hydrogen (secondary N) is 1. The van der Waals surface area contributed by atoms with E-state index in [9.17, 15) is 9.59 Å². The second kappa shape index (κ2) is 4.83. The maximum absolute atomic E-state index is 12.0. The zero-order valence-corrected chi connectivity index (χ0v) is 9.60. The highest BCUT2D eigenvalue weighted by molar-refractivity contribution is 6.05. The molecule has 1 unspecified atom stereocenters. The Balaban J connectivity index is 2.87. The quantitative estimate of drug-likeness (QED) is 0.758. The van der Waals surface area contributed by atoms with Gasteiger partial charge in [0.25, 0.3) is 0 Å². The monoisotopic (exact) mass is 224 g/mol. The van der Waals surface area contributed by atoms with Crippen molar-refractivity contribution in [3.8, 4) is 0 Å². The third kappa shape index (κ3) is 2.42. The molecule has 1 heterocycles. The van der Waals surface area contributed by atoms with Gasteiger partial charge >= 0.3 is 5.97 Å². The molecule has 1 aromatic rings. The van der Waals surface area contributed by atoms with Gasteiger partial charge < -0.3 is 15.0 Å². The summed E-state index contributed by atoms with van der Waals surface area (Å²) in [5.41, 5.74) is 0.664. The lowest BCUT2D eigenvalue weighted by Crippen LogP contribution is -2.39. The van der Waals surface area contributed by atoms with E-state index in [0.717, 1.165) is 0 Å². The normalized spacial score (nSPS) is 12.5. The van der Waals surface area contributed by atoms with E-state index >= 15 is 0 Å². The molecule has 5 heteroatoms. The van der Waals surface area contributed by atoms with Crippen molar-refractivity contribution < 1.29 is 14.7 Å². The van der Waals surface area contributed by atoms with Crippen LogP contribution in [0.15, 0.2) is 18.5 Å². The van der Waals surface area contributed by atoms with E-state index in [0.29, 0.717) is 5.69 Å². The number of anilines is 1. The predicted molar refractivity (Wildman–Crippen MR) is 60.2 cm³/mol. The summed E-state index contributed by atoms with van der Waals surface area (Å²) in [6.07, 6.45) is 3.33. The fourth-order valence-corrected chi connectivity index (χ4v) is 1.54. The molecule has 1 amide bonds. The molecule has 0 bridgehead atoms. The summed E-state index contributed by atoms with van der Waals surface area (Å²) in [6, 6.07) is 1.72. The molecular weight excluding hydrogens is 208 g/mol. The van der Waals surface area contributed by atoms with Crippen LogP contribution in [-0.2, 0) is 9.59 Å². The van der Waals surface area contributed by atoms with Crippen LogP contribution in [0.2, 0.25) is 0 Å². The molecule has 0 saturated carbocycles. The minimum Gasteiger partial charge on any atom is -0.481 e. The zero-order chi connectivity index (χ0) is 12.3.